The molecule has 1 N–H and O–H groups in total. The largest absolute Gasteiger partial charge is 0.733 e. The van der Waals surface area contributed by atoms with Gasteiger partial charge in [0, 0.05) is 6.07 Å². The van der Waals surface area contributed by atoms with E-state index < -0.39 is 0 Å². The van der Waals surface area contributed by atoms with Gasteiger partial charge in [-0.15, -0.1) is 0 Å². The highest BCUT2D eigenvalue weighted by Gasteiger charge is 2.08. The maximum Gasteiger partial charge on any atom is 0.242 e. The maximum absolute atomic E-state index is 10.9. The zero-order valence-electron chi connectivity index (χ0n) is 10.9. The molecule has 0 unspecified atom stereocenters. The quantitative estimate of drug-likeness (QED) is 0.596. The van der Waals surface area contributed by atoms with E-state index in [1.165, 1.54) is 19.2 Å². The summed E-state index contributed by atoms with van der Waals surface area (Å²) in [6.45, 7) is 4.70. The molecule has 0 saturated carbocycles. The van der Waals surface area contributed by atoms with Crippen LogP contribution in [0.25, 0.3) is 0 Å². The molecular weight excluding hydrogens is 236 g/mol. The van der Waals surface area contributed by atoms with Crippen LogP contribution in [0.1, 0.15) is 26.7 Å². The van der Waals surface area contributed by atoms with Gasteiger partial charge in [-0.2, -0.15) is 4.98 Å². The van der Waals surface area contributed by atoms with E-state index in [0.717, 1.165) is 12.8 Å². The number of nitrogens with zero attached hydrogens (tertiary/aromatic N) is 2. The van der Waals surface area contributed by atoms with E-state index in [2.05, 4.69) is 18.8 Å². The second kappa shape index (κ2) is 7.03. The number of hydrogen-bond donors (Lipinski definition) is 1. The molecule has 1 rings (SSSR count). The Kier molecular flexibility index (Phi) is 5.67. The summed E-state index contributed by atoms with van der Waals surface area (Å²) in [7, 11) is 1.47. The highest BCUT2D eigenvalue weighted by atomic mass is 16.8. The second-order valence-electron chi connectivity index (χ2n) is 4.34. The Hall–Kier alpha value is -1.53. The van der Waals surface area contributed by atoms with Crippen molar-refractivity contribution in [3.05, 3.63) is 17.3 Å². The molecule has 0 bridgehead atoms. The van der Waals surface area contributed by atoms with Crippen LogP contribution in [-0.4, -0.2) is 23.9 Å². The molecule has 0 aliphatic carbocycles. The maximum atomic E-state index is 10.9. The molecule has 0 spiro atoms. The lowest BCUT2D eigenvalue weighted by atomic mass is 10.1. The Balaban J connectivity index is 2.66. The van der Waals surface area contributed by atoms with Crippen molar-refractivity contribution in [2.24, 2.45) is 5.92 Å². The lowest BCUT2D eigenvalue weighted by Crippen LogP contribution is -2.11. The molecule has 0 aliphatic rings. The first-order valence-electron chi connectivity index (χ1n) is 5.88. The van der Waals surface area contributed by atoms with Gasteiger partial charge in [-0.1, -0.05) is 13.8 Å². The first-order chi connectivity index (χ1) is 8.54. The van der Waals surface area contributed by atoms with Gasteiger partial charge in [0.1, 0.15) is 5.69 Å². The Labute approximate surface area is 107 Å². The zero-order chi connectivity index (χ0) is 13.5. The van der Waals surface area contributed by atoms with Crippen molar-refractivity contribution in [2.75, 3.05) is 18.9 Å². The standard InChI is InChI=1S/C12H19N2O4/c1-9(2)5-4-8-18-12-10(14(15)16)6-7-11(13-12)17-3/h6-7,9,15H,4-5,8H2,1-3H3/q-1. The van der Waals surface area contributed by atoms with Crippen LogP contribution in [0.2, 0.25) is 0 Å². The molecule has 0 aliphatic heterocycles. The summed E-state index contributed by atoms with van der Waals surface area (Å²) in [6.07, 6.45) is 1.89. The van der Waals surface area contributed by atoms with E-state index in [9.17, 15) is 5.21 Å². The minimum absolute atomic E-state index is 0.0275. The van der Waals surface area contributed by atoms with E-state index >= 15 is 0 Å². The monoisotopic (exact) mass is 255 g/mol. The van der Waals surface area contributed by atoms with Crippen molar-refractivity contribution in [2.45, 2.75) is 26.7 Å². The third-order valence-electron chi connectivity index (χ3n) is 2.39. The summed E-state index contributed by atoms with van der Waals surface area (Å²) >= 11 is 0. The minimum Gasteiger partial charge on any atom is -0.733 e. The van der Waals surface area contributed by atoms with Crippen molar-refractivity contribution < 1.29 is 14.7 Å². The fourth-order valence-corrected chi connectivity index (χ4v) is 1.44. The average molecular weight is 255 g/mol. The van der Waals surface area contributed by atoms with Crippen LogP contribution in [-0.2, 0) is 0 Å². The van der Waals surface area contributed by atoms with Crippen LogP contribution < -0.4 is 14.7 Å². The number of hydrogen-bond acceptors (Lipinski definition) is 6. The van der Waals surface area contributed by atoms with E-state index in [1.54, 1.807) is 0 Å². The number of pyridine rings is 1. The summed E-state index contributed by atoms with van der Waals surface area (Å²) in [5.41, 5.74) is -0.0275. The van der Waals surface area contributed by atoms with Crippen LogP contribution in [0.15, 0.2) is 12.1 Å². The van der Waals surface area contributed by atoms with E-state index in [-0.39, 0.29) is 16.8 Å². The van der Waals surface area contributed by atoms with Crippen molar-refractivity contribution in [1.82, 2.24) is 4.98 Å². The van der Waals surface area contributed by atoms with Gasteiger partial charge < -0.3 is 19.9 Å². The van der Waals surface area contributed by atoms with Crippen LogP contribution in [0.3, 0.4) is 0 Å². The Morgan fingerprint density at radius 2 is 2.17 bits per heavy atom. The first kappa shape index (κ1) is 14.5. The molecule has 0 aromatic carbocycles. The molecule has 1 aromatic rings. The minimum atomic E-state index is -0.260. The highest BCUT2D eigenvalue weighted by Crippen LogP contribution is 2.27. The van der Waals surface area contributed by atoms with Gasteiger partial charge in [0.05, 0.1) is 13.7 Å². The van der Waals surface area contributed by atoms with Crippen molar-refractivity contribution >= 4 is 5.69 Å². The number of anilines is 1. The number of ether oxygens (including phenoxy) is 2. The van der Waals surface area contributed by atoms with Gasteiger partial charge in [0.15, 0.2) is 0 Å². The van der Waals surface area contributed by atoms with Crippen LogP contribution >= 0.6 is 0 Å². The third-order valence-corrected chi connectivity index (χ3v) is 2.39. The number of rotatable bonds is 7. The lowest BCUT2D eigenvalue weighted by molar-refractivity contribution is 0.263. The molecule has 1 heterocycles. The number of methoxy groups -OCH3 is 1. The molecule has 0 fully saturated rings. The van der Waals surface area contributed by atoms with E-state index in [4.69, 9.17) is 14.7 Å². The summed E-state index contributed by atoms with van der Waals surface area (Å²) in [5, 5.41) is 19.6. The van der Waals surface area contributed by atoms with Crippen LogP contribution in [0.4, 0.5) is 5.69 Å². The van der Waals surface area contributed by atoms with Gasteiger partial charge in [0.2, 0.25) is 11.8 Å². The molecule has 18 heavy (non-hydrogen) atoms. The van der Waals surface area contributed by atoms with Gasteiger partial charge in [0.25, 0.3) is 0 Å². The Morgan fingerprint density at radius 3 is 2.72 bits per heavy atom. The molecule has 6 heteroatoms. The second-order valence-corrected chi connectivity index (χ2v) is 4.34. The molecule has 0 radical (unpaired) electrons. The fourth-order valence-electron chi connectivity index (χ4n) is 1.44. The summed E-state index contributed by atoms with van der Waals surface area (Å²) in [6, 6.07) is 2.88. The first-order valence-corrected chi connectivity index (χ1v) is 5.88. The highest BCUT2D eigenvalue weighted by molar-refractivity contribution is 5.54. The zero-order valence-corrected chi connectivity index (χ0v) is 10.9. The topological polar surface area (TPSA) is 77.9 Å². The normalized spacial score (nSPS) is 10.6. The molecule has 0 amide bonds. The third kappa shape index (κ3) is 4.38. The van der Waals surface area contributed by atoms with E-state index in [0.29, 0.717) is 18.4 Å². The van der Waals surface area contributed by atoms with Crippen LogP contribution in [0, 0.1) is 11.1 Å². The van der Waals surface area contributed by atoms with Gasteiger partial charge >= 0.3 is 0 Å². The molecule has 1 aromatic heterocycles. The van der Waals surface area contributed by atoms with E-state index in [1.807, 2.05) is 0 Å². The lowest BCUT2D eigenvalue weighted by Gasteiger charge is -2.23. The predicted molar refractivity (Wildman–Crippen MR) is 68.0 cm³/mol. The number of aromatic nitrogens is 1. The molecule has 0 atom stereocenters. The molecule has 0 saturated heterocycles. The molecule has 102 valence electrons. The van der Waals surface area contributed by atoms with Crippen molar-refractivity contribution in [3.63, 3.8) is 0 Å². The summed E-state index contributed by atoms with van der Waals surface area (Å²) in [5.74, 6) is 1.01. The summed E-state index contributed by atoms with van der Waals surface area (Å²) in [4.78, 5) is 3.98. The molecular formula is C12H19N2O4-. The summed E-state index contributed by atoms with van der Waals surface area (Å²) < 4.78 is 10.3. The van der Waals surface area contributed by atoms with Gasteiger partial charge in [-0.3, -0.25) is 5.21 Å². The van der Waals surface area contributed by atoms with Crippen LogP contribution in [0.5, 0.6) is 11.8 Å². The average Bonchev–Trinajstić information content (AvgIpc) is 2.33. The Morgan fingerprint density at radius 1 is 1.44 bits per heavy atom. The molecule has 6 nitrogen and oxygen atoms in total. The van der Waals surface area contributed by atoms with Crippen molar-refractivity contribution in [1.29, 1.82) is 0 Å². The van der Waals surface area contributed by atoms with Crippen molar-refractivity contribution in [3.8, 4) is 11.8 Å². The fraction of sp³-hybridized carbons (Fsp3) is 0.583. The predicted octanol–water partition coefficient (Wildman–Crippen LogP) is 2.60. The smallest absolute Gasteiger partial charge is 0.242 e. The Bertz CT molecular complexity index is 369. The SMILES string of the molecule is COc1ccc(N([O-])O)c(OCCCC(C)C)n1. The van der Waals surface area contributed by atoms with Gasteiger partial charge in [-0.05, 0) is 24.8 Å². The van der Waals surface area contributed by atoms with Gasteiger partial charge in [-0.25, -0.2) is 0 Å².